The first-order chi connectivity index (χ1) is 13.1. The molecule has 0 radical (unpaired) electrons. The Labute approximate surface area is 158 Å². The molecule has 0 bridgehead atoms. The van der Waals surface area contributed by atoms with Gasteiger partial charge < -0.3 is 16.0 Å². The van der Waals surface area contributed by atoms with Crippen LogP contribution in [0, 0.1) is 13.8 Å². The molecule has 3 aromatic rings. The van der Waals surface area contributed by atoms with Crippen LogP contribution in [0.4, 0.5) is 17.5 Å². The maximum Gasteiger partial charge on any atom is 0.251 e. The molecule has 0 saturated heterocycles. The number of hydrogen-bond donors (Lipinski definition) is 3. The predicted octanol–water partition coefficient (Wildman–Crippen LogP) is 3.07. The summed E-state index contributed by atoms with van der Waals surface area (Å²) in [6, 6.07) is 13.2. The molecule has 1 aromatic carbocycles. The fourth-order valence-corrected chi connectivity index (χ4v) is 2.51. The molecule has 1 amide bonds. The van der Waals surface area contributed by atoms with E-state index in [1.807, 2.05) is 44.2 Å². The Morgan fingerprint density at radius 1 is 0.889 bits per heavy atom. The maximum atomic E-state index is 12.1. The molecule has 0 aliphatic carbocycles. The highest BCUT2D eigenvalue weighted by atomic mass is 16.1. The van der Waals surface area contributed by atoms with Crippen molar-refractivity contribution in [3.8, 4) is 0 Å². The summed E-state index contributed by atoms with van der Waals surface area (Å²) in [4.78, 5) is 24.8. The number of amides is 1. The van der Waals surface area contributed by atoms with Crippen molar-refractivity contribution in [3.63, 3.8) is 0 Å². The van der Waals surface area contributed by atoms with Crippen molar-refractivity contribution in [2.45, 2.75) is 13.8 Å². The summed E-state index contributed by atoms with van der Waals surface area (Å²) in [5.74, 6) is 1.96. The zero-order valence-corrected chi connectivity index (χ0v) is 15.4. The number of carbonyl (C=O) groups excluding carboxylic acids is 1. The quantitative estimate of drug-likeness (QED) is 0.560. The fraction of sp³-hybridized carbons (Fsp3) is 0.200. The van der Waals surface area contributed by atoms with Crippen molar-refractivity contribution in [1.82, 2.24) is 20.3 Å². The van der Waals surface area contributed by atoms with Gasteiger partial charge in [-0.15, -0.1) is 0 Å². The van der Waals surface area contributed by atoms with Crippen LogP contribution >= 0.6 is 0 Å². The van der Waals surface area contributed by atoms with Crippen LogP contribution in [0.5, 0.6) is 0 Å². The predicted molar refractivity (Wildman–Crippen MR) is 106 cm³/mol. The van der Waals surface area contributed by atoms with Crippen LogP contribution in [0.3, 0.4) is 0 Å². The Bertz CT molecular complexity index is 928. The SMILES string of the molecule is Cc1cccc(C(=O)NCCNc2cc(Nc3cc(C)ccn3)ncn2)c1. The third-order valence-corrected chi connectivity index (χ3v) is 3.84. The minimum atomic E-state index is -0.0870. The van der Waals surface area contributed by atoms with Crippen LogP contribution in [0.15, 0.2) is 55.0 Å². The lowest BCUT2D eigenvalue weighted by Gasteiger charge is -2.09. The van der Waals surface area contributed by atoms with Crippen molar-refractivity contribution in [2.75, 3.05) is 23.7 Å². The van der Waals surface area contributed by atoms with Crippen LogP contribution < -0.4 is 16.0 Å². The summed E-state index contributed by atoms with van der Waals surface area (Å²) in [5.41, 5.74) is 2.84. The Kier molecular flexibility index (Phi) is 5.94. The second kappa shape index (κ2) is 8.75. The van der Waals surface area contributed by atoms with E-state index in [1.54, 1.807) is 18.3 Å². The van der Waals surface area contributed by atoms with E-state index in [0.29, 0.717) is 30.3 Å². The number of carbonyl (C=O) groups is 1. The molecule has 138 valence electrons. The molecule has 0 atom stereocenters. The molecule has 2 aromatic heterocycles. The lowest BCUT2D eigenvalue weighted by atomic mass is 10.1. The van der Waals surface area contributed by atoms with E-state index in [2.05, 4.69) is 30.9 Å². The zero-order chi connectivity index (χ0) is 19.1. The summed E-state index contributed by atoms with van der Waals surface area (Å²) in [7, 11) is 0. The van der Waals surface area contributed by atoms with Gasteiger partial charge in [0, 0.05) is 30.9 Å². The fourth-order valence-electron chi connectivity index (χ4n) is 2.51. The summed E-state index contributed by atoms with van der Waals surface area (Å²) in [6.07, 6.45) is 3.22. The second-order valence-corrected chi connectivity index (χ2v) is 6.18. The van der Waals surface area contributed by atoms with Crippen molar-refractivity contribution in [1.29, 1.82) is 0 Å². The average Bonchev–Trinajstić information content (AvgIpc) is 2.65. The number of benzene rings is 1. The van der Waals surface area contributed by atoms with Crippen LogP contribution in [-0.4, -0.2) is 33.9 Å². The maximum absolute atomic E-state index is 12.1. The lowest BCUT2D eigenvalue weighted by Crippen LogP contribution is -2.28. The third-order valence-electron chi connectivity index (χ3n) is 3.84. The van der Waals surface area contributed by atoms with E-state index in [4.69, 9.17) is 0 Å². The molecule has 27 heavy (non-hydrogen) atoms. The van der Waals surface area contributed by atoms with Crippen LogP contribution in [0.1, 0.15) is 21.5 Å². The van der Waals surface area contributed by atoms with Crippen molar-refractivity contribution >= 4 is 23.4 Å². The van der Waals surface area contributed by atoms with Gasteiger partial charge in [-0.3, -0.25) is 4.79 Å². The number of hydrogen-bond acceptors (Lipinski definition) is 6. The Balaban J connectivity index is 1.49. The smallest absolute Gasteiger partial charge is 0.251 e. The Morgan fingerprint density at radius 3 is 2.48 bits per heavy atom. The Morgan fingerprint density at radius 2 is 1.67 bits per heavy atom. The third kappa shape index (κ3) is 5.50. The first-order valence-electron chi connectivity index (χ1n) is 8.70. The van der Waals surface area contributed by atoms with Gasteiger partial charge >= 0.3 is 0 Å². The van der Waals surface area contributed by atoms with E-state index >= 15 is 0 Å². The van der Waals surface area contributed by atoms with E-state index < -0.39 is 0 Å². The molecule has 0 fully saturated rings. The zero-order valence-electron chi connectivity index (χ0n) is 15.4. The number of aryl methyl sites for hydroxylation is 2. The number of rotatable bonds is 7. The number of nitrogens with one attached hydrogen (secondary N) is 3. The van der Waals surface area contributed by atoms with Gasteiger partial charge in [-0.2, -0.15) is 0 Å². The first-order valence-corrected chi connectivity index (χ1v) is 8.70. The topological polar surface area (TPSA) is 91.8 Å². The summed E-state index contributed by atoms with van der Waals surface area (Å²) in [6.45, 7) is 5.01. The molecule has 0 saturated carbocycles. The molecular weight excluding hydrogens is 340 g/mol. The molecule has 3 N–H and O–H groups in total. The standard InChI is InChI=1S/C20H22N6O/c1-14-4-3-5-16(10-14)20(27)23-9-8-22-17-12-19(25-13-24-17)26-18-11-15(2)6-7-21-18/h3-7,10-13H,8-9H2,1-2H3,(H,23,27)(H2,21,22,24,25,26). The van der Waals surface area contributed by atoms with Gasteiger partial charge in [0.25, 0.3) is 5.91 Å². The van der Waals surface area contributed by atoms with Gasteiger partial charge in [0.1, 0.15) is 23.8 Å². The van der Waals surface area contributed by atoms with E-state index in [9.17, 15) is 4.79 Å². The molecule has 2 heterocycles. The number of nitrogens with zero attached hydrogens (tertiary/aromatic N) is 3. The van der Waals surface area contributed by atoms with Gasteiger partial charge in [0.2, 0.25) is 0 Å². The Hall–Kier alpha value is -3.48. The minimum absolute atomic E-state index is 0.0870. The average molecular weight is 362 g/mol. The molecule has 7 nitrogen and oxygen atoms in total. The molecular formula is C20H22N6O. The van der Waals surface area contributed by atoms with Crippen LogP contribution in [-0.2, 0) is 0 Å². The molecule has 7 heteroatoms. The molecule has 3 rings (SSSR count). The second-order valence-electron chi connectivity index (χ2n) is 6.18. The van der Waals surface area contributed by atoms with Crippen molar-refractivity contribution in [3.05, 3.63) is 71.7 Å². The van der Waals surface area contributed by atoms with E-state index in [-0.39, 0.29) is 5.91 Å². The van der Waals surface area contributed by atoms with Gasteiger partial charge in [0.05, 0.1) is 0 Å². The summed E-state index contributed by atoms with van der Waals surface area (Å²) in [5, 5.41) is 9.21. The van der Waals surface area contributed by atoms with E-state index in [0.717, 1.165) is 16.9 Å². The van der Waals surface area contributed by atoms with Crippen LogP contribution in [0.2, 0.25) is 0 Å². The largest absolute Gasteiger partial charge is 0.368 e. The summed E-state index contributed by atoms with van der Waals surface area (Å²) < 4.78 is 0. The van der Waals surface area contributed by atoms with Gasteiger partial charge in [-0.05, 0) is 43.7 Å². The molecule has 0 spiro atoms. The number of anilines is 3. The highest BCUT2D eigenvalue weighted by molar-refractivity contribution is 5.94. The molecule has 0 aliphatic heterocycles. The summed E-state index contributed by atoms with van der Waals surface area (Å²) >= 11 is 0. The first kappa shape index (κ1) is 18.3. The van der Waals surface area contributed by atoms with E-state index in [1.165, 1.54) is 6.33 Å². The molecule has 0 aliphatic rings. The van der Waals surface area contributed by atoms with Crippen LogP contribution in [0.25, 0.3) is 0 Å². The normalized spacial score (nSPS) is 10.3. The number of pyridine rings is 1. The van der Waals surface area contributed by atoms with Gasteiger partial charge in [-0.1, -0.05) is 17.7 Å². The van der Waals surface area contributed by atoms with Gasteiger partial charge in [0.15, 0.2) is 0 Å². The van der Waals surface area contributed by atoms with Crippen molar-refractivity contribution in [2.24, 2.45) is 0 Å². The lowest BCUT2D eigenvalue weighted by molar-refractivity contribution is 0.0955. The van der Waals surface area contributed by atoms with Gasteiger partial charge in [-0.25, -0.2) is 15.0 Å². The monoisotopic (exact) mass is 362 g/mol. The highest BCUT2D eigenvalue weighted by Crippen LogP contribution is 2.14. The number of aromatic nitrogens is 3. The minimum Gasteiger partial charge on any atom is -0.368 e. The van der Waals surface area contributed by atoms with Crippen molar-refractivity contribution < 1.29 is 4.79 Å². The highest BCUT2D eigenvalue weighted by Gasteiger charge is 2.05. The molecule has 0 unspecified atom stereocenters.